The van der Waals surface area contributed by atoms with E-state index in [4.69, 9.17) is 16.0 Å². The van der Waals surface area contributed by atoms with E-state index in [-0.39, 0.29) is 11.7 Å². The number of fused-ring (bicyclic) bond motifs is 1. The summed E-state index contributed by atoms with van der Waals surface area (Å²) in [5.74, 6) is 0.00907. The van der Waals surface area contributed by atoms with Crippen LogP contribution < -0.4 is 4.90 Å². The fourth-order valence-corrected chi connectivity index (χ4v) is 4.10. The van der Waals surface area contributed by atoms with Gasteiger partial charge in [0.15, 0.2) is 15.6 Å². The van der Waals surface area contributed by atoms with Crippen LogP contribution in [0.3, 0.4) is 0 Å². The first-order valence-corrected chi connectivity index (χ1v) is 9.76. The third-order valence-electron chi connectivity index (χ3n) is 3.78. The summed E-state index contributed by atoms with van der Waals surface area (Å²) in [6.45, 7) is 0.394. The first kappa shape index (κ1) is 17.3. The molecule has 2 heterocycles. The van der Waals surface area contributed by atoms with Crippen LogP contribution in [0.25, 0.3) is 10.2 Å². The highest BCUT2D eigenvalue weighted by Gasteiger charge is 2.24. The van der Waals surface area contributed by atoms with E-state index in [9.17, 15) is 4.79 Å². The number of benzene rings is 2. The summed E-state index contributed by atoms with van der Waals surface area (Å²) < 4.78 is 6.90. The predicted molar refractivity (Wildman–Crippen MR) is 108 cm³/mol. The van der Waals surface area contributed by atoms with Crippen LogP contribution in [0.1, 0.15) is 16.1 Å². The fraction of sp³-hybridized carbons (Fsp3) is 0.0526. The van der Waals surface area contributed by atoms with Gasteiger partial charge in [0.2, 0.25) is 0 Å². The van der Waals surface area contributed by atoms with Gasteiger partial charge in [-0.3, -0.25) is 9.69 Å². The molecule has 0 aliphatic heterocycles. The molecule has 0 bridgehead atoms. The van der Waals surface area contributed by atoms with Crippen LogP contribution in [-0.2, 0) is 6.54 Å². The Balaban J connectivity index is 1.76. The maximum Gasteiger partial charge on any atom is 0.296 e. The summed E-state index contributed by atoms with van der Waals surface area (Å²) in [4.78, 5) is 19.3. The molecule has 0 unspecified atom stereocenters. The van der Waals surface area contributed by atoms with Gasteiger partial charge in [-0.25, -0.2) is 4.98 Å². The first-order valence-electron chi connectivity index (χ1n) is 7.77. The van der Waals surface area contributed by atoms with Crippen molar-refractivity contribution in [3.63, 3.8) is 0 Å². The van der Waals surface area contributed by atoms with E-state index in [1.807, 2.05) is 42.5 Å². The molecule has 0 saturated heterocycles. The highest BCUT2D eigenvalue weighted by atomic mass is 79.9. The van der Waals surface area contributed by atoms with Crippen LogP contribution >= 0.6 is 38.9 Å². The average Bonchev–Trinajstić information content (AvgIpc) is 3.25. The monoisotopic (exact) mass is 446 g/mol. The van der Waals surface area contributed by atoms with Crippen LogP contribution in [0.5, 0.6) is 0 Å². The van der Waals surface area contributed by atoms with Gasteiger partial charge in [0.05, 0.1) is 16.8 Å². The summed E-state index contributed by atoms with van der Waals surface area (Å²) in [5.41, 5.74) is 1.81. The lowest BCUT2D eigenvalue weighted by Gasteiger charge is -2.18. The van der Waals surface area contributed by atoms with E-state index in [2.05, 4.69) is 20.9 Å². The second-order valence-electron chi connectivity index (χ2n) is 5.59. The molecule has 0 N–H and O–H groups in total. The molecule has 0 radical (unpaired) electrons. The number of rotatable bonds is 4. The van der Waals surface area contributed by atoms with Crippen molar-refractivity contribution in [3.8, 4) is 0 Å². The zero-order valence-electron chi connectivity index (χ0n) is 13.4. The zero-order chi connectivity index (χ0) is 18.1. The van der Waals surface area contributed by atoms with Gasteiger partial charge < -0.3 is 4.42 Å². The smallest absolute Gasteiger partial charge is 0.296 e. The van der Waals surface area contributed by atoms with Gasteiger partial charge >= 0.3 is 0 Å². The van der Waals surface area contributed by atoms with Crippen molar-refractivity contribution in [1.29, 1.82) is 0 Å². The quantitative estimate of drug-likeness (QED) is 0.377. The Morgan fingerprint density at radius 1 is 1.15 bits per heavy atom. The van der Waals surface area contributed by atoms with Crippen LogP contribution in [0, 0.1) is 0 Å². The average molecular weight is 448 g/mol. The minimum Gasteiger partial charge on any atom is -0.444 e. The molecule has 2 aromatic carbocycles. The molecule has 0 atom stereocenters. The van der Waals surface area contributed by atoms with Gasteiger partial charge in [0.25, 0.3) is 5.91 Å². The van der Waals surface area contributed by atoms with Gasteiger partial charge in [0.1, 0.15) is 0 Å². The highest BCUT2D eigenvalue weighted by molar-refractivity contribution is 9.10. The van der Waals surface area contributed by atoms with Gasteiger partial charge in [-0.15, -0.1) is 0 Å². The van der Waals surface area contributed by atoms with Gasteiger partial charge in [-0.05, 0) is 51.8 Å². The standard InChI is InChI=1S/C19H12BrClN2O2S/c20-17-9-8-15(25-17)18(24)23(11-12-4-2-1-3-5-12)19-22-14-7-6-13(21)10-16(14)26-19/h1-10H,11H2. The summed E-state index contributed by atoms with van der Waals surface area (Å²) in [6.07, 6.45) is 0. The molecule has 0 aliphatic rings. The summed E-state index contributed by atoms with van der Waals surface area (Å²) in [6, 6.07) is 18.6. The minimum atomic E-state index is -0.246. The van der Waals surface area contributed by atoms with Crippen molar-refractivity contribution in [2.45, 2.75) is 6.54 Å². The minimum absolute atomic E-state index is 0.246. The van der Waals surface area contributed by atoms with Crippen molar-refractivity contribution in [3.05, 3.63) is 81.7 Å². The largest absolute Gasteiger partial charge is 0.444 e. The second kappa shape index (κ2) is 7.23. The number of carbonyl (C=O) groups excluding carboxylic acids is 1. The van der Waals surface area contributed by atoms with E-state index in [0.717, 1.165) is 15.8 Å². The highest BCUT2D eigenvalue weighted by Crippen LogP contribution is 2.32. The van der Waals surface area contributed by atoms with E-state index >= 15 is 0 Å². The molecule has 0 saturated carbocycles. The number of thiazole rings is 1. The normalized spacial score (nSPS) is 11.0. The first-order chi connectivity index (χ1) is 12.6. The second-order valence-corrected chi connectivity index (χ2v) is 7.82. The van der Waals surface area contributed by atoms with Gasteiger partial charge in [-0.1, -0.05) is 53.3 Å². The van der Waals surface area contributed by atoms with E-state index in [1.165, 1.54) is 11.3 Å². The van der Waals surface area contributed by atoms with Crippen molar-refractivity contribution < 1.29 is 9.21 Å². The van der Waals surface area contributed by atoms with Crippen molar-refractivity contribution in [1.82, 2.24) is 4.98 Å². The molecular weight excluding hydrogens is 436 g/mol. The molecule has 4 rings (SSSR count). The number of nitrogens with zero attached hydrogens (tertiary/aromatic N) is 2. The molecule has 26 heavy (non-hydrogen) atoms. The Morgan fingerprint density at radius 2 is 1.96 bits per heavy atom. The number of hydrogen-bond donors (Lipinski definition) is 0. The number of hydrogen-bond acceptors (Lipinski definition) is 4. The molecule has 2 aromatic heterocycles. The SMILES string of the molecule is O=C(c1ccc(Br)o1)N(Cc1ccccc1)c1nc2ccc(Cl)cc2s1. The topological polar surface area (TPSA) is 46.3 Å². The maximum atomic E-state index is 13.1. The van der Waals surface area contributed by atoms with E-state index < -0.39 is 0 Å². The van der Waals surface area contributed by atoms with Crippen LogP contribution in [0.15, 0.2) is 69.8 Å². The molecule has 0 spiro atoms. The third-order valence-corrected chi connectivity index (χ3v) is 5.49. The Bertz CT molecular complexity index is 1080. The fourth-order valence-electron chi connectivity index (χ4n) is 2.56. The summed E-state index contributed by atoms with van der Waals surface area (Å²) in [5, 5.41) is 1.24. The summed E-state index contributed by atoms with van der Waals surface area (Å²) in [7, 11) is 0. The lowest BCUT2D eigenvalue weighted by atomic mass is 10.2. The molecule has 4 aromatic rings. The maximum absolute atomic E-state index is 13.1. The molecule has 7 heteroatoms. The van der Waals surface area contributed by atoms with Gasteiger partial charge in [-0.2, -0.15) is 0 Å². The van der Waals surface area contributed by atoms with Crippen LogP contribution in [0.2, 0.25) is 5.02 Å². The Hall–Kier alpha value is -2.15. The molecule has 4 nitrogen and oxygen atoms in total. The number of carbonyl (C=O) groups is 1. The van der Waals surface area contributed by atoms with Crippen molar-refractivity contribution in [2.75, 3.05) is 4.90 Å². The molecule has 130 valence electrons. The number of amides is 1. The van der Waals surface area contributed by atoms with Crippen LogP contribution in [0.4, 0.5) is 5.13 Å². The zero-order valence-corrected chi connectivity index (χ0v) is 16.5. The molecule has 0 aliphatic carbocycles. The Kier molecular flexibility index (Phi) is 4.80. The number of halogens is 2. The number of anilines is 1. The van der Waals surface area contributed by atoms with Crippen molar-refractivity contribution >= 4 is 60.1 Å². The molecular formula is C19H12BrClN2O2S. The summed E-state index contributed by atoms with van der Waals surface area (Å²) >= 11 is 10.7. The van der Waals surface area contributed by atoms with Crippen LogP contribution in [-0.4, -0.2) is 10.9 Å². The van der Waals surface area contributed by atoms with E-state index in [1.54, 1.807) is 23.1 Å². The Morgan fingerprint density at radius 3 is 2.69 bits per heavy atom. The molecule has 1 amide bonds. The third kappa shape index (κ3) is 3.53. The number of aromatic nitrogens is 1. The molecule has 0 fully saturated rings. The van der Waals surface area contributed by atoms with Gasteiger partial charge in [0, 0.05) is 5.02 Å². The Labute approximate surface area is 167 Å². The number of furan rings is 1. The lowest BCUT2D eigenvalue weighted by molar-refractivity contribution is 0.0957. The van der Waals surface area contributed by atoms with Crippen molar-refractivity contribution in [2.24, 2.45) is 0 Å². The predicted octanol–water partition coefficient (Wildman–Crippen LogP) is 6.15. The lowest BCUT2D eigenvalue weighted by Crippen LogP contribution is -2.30. The van der Waals surface area contributed by atoms with E-state index in [0.29, 0.717) is 21.4 Å².